The summed E-state index contributed by atoms with van der Waals surface area (Å²) in [6.07, 6.45) is 1.81. The molecule has 7 heteroatoms. The Morgan fingerprint density at radius 3 is 2.44 bits per heavy atom. The number of nitrogens with two attached hydrogens (primary N) is 2. The summed E-state index contributed by atoms with van der Waals surface area (Å²) in [6, 6.07) is 1.16. The molecule has 0 unspecified atom stereocenters. The molecular weight excluding hydrogens is 210 g/mol. The fraction of sp³-hybridized carbons (Fsp3) is 0.444. The van der Waals surface area contributed by atoms with Gasteiger partial charge in [0, 0.05) is 26.1 Å². The van der Waals surface area contributed by atoms with Gasteiger partial charge >= 0.3 is 0 Å². The zero-order valence-corrected chi connectivity index (χ0v) is 9.06. The predicted molar refractivity (Wildman–Crippen MR) is 60.6 cm³/mol. The molecule has 0 saturated carbocycles. The van der Waals surface area contributed by atoms with Gasteiger partial charge in [0.2, 0.25) is 11.9 Å². The number of carbonyl (C=O) groups excluding carboxylic acids is 1. The molecule has 0 atom stereocenters. The summed E-state index contributed by atoms with van der Waals surface area (Å²) in [5.74, 6) is 0.469. The van der Waals surface area contributed by atoms with Crippen molar-refractivity contribution in [2.24, 2.45) is 0 Å². The summed E-state index contributed by atoms with van der Waals surface area (Å²) < 4.78 is 0. The summed E-state index contributed by atoms with van der Waals surface area (Å²) in [6.45, 7) is 0.957. The SMILES string of the molecule is CN1CCCC1=O.Nc1cc(=O)[nH]c(N)n1. The number of carbonyl (C=O) groups is 1. The van der Waals surface area contributed by atoms with Crippen molar-refractivity contribution in [1.29, 1.82) is 0 Å². The number of rotatable bonds is 0. The molecule has 1 fully saturated rings. The van der Waals surface area contributed by atoms with E-state index in [4.69, 9.17) is 11.5 Å². The van der Waals surface area contributed by atoms with Crippen LogP contribution in [0.3, 0.4) is 0 Å². The van der Waals surface area contributed by atoms with Crippen LogP contribution in [0.15, 0.2) is 10.9 Å². The van der Waals surface area contributed by atoms with Crippen molar-refractivity contribution in [3.63, 3.8) is 0 Å². The highest BCUT2D eigenvalue weighted by molar-refractivity contribution is 5.77. The number of anilines is 2. The maximum absolute atomic E-state index is 10.5. The number of hydrogen-bond acceptors (Lipinski definition) is 5. The lowest BCUT2D eigenvalue weighted by Crippen LogP contribution is -2.17. The lowest BCUT2D eigenvalue weighted by Gasteiger charge is -2.03. The van der Waals surface area contributed by atoms with Crippen molar-refractivity contribution in [2.75, 3.05) is 25.1 Å². The molecule has 7 nitrogen and oxygen atoms in total. The highest BCUT2D eigenvalue weighted by atomic mass is 16.2. The first-order valence-electron chi connectivity index (χ1n) is 4.85. The fourth-order valence-corrected chi connectivity index (χ4v) is 1.28. The van der Waals surface area contributed by atoms with E-state index in [1.807, 2.05) is 7.05 Å². The number of nitrogen functional groups attached to an aromatic ring is 2. The van der Waals surface area contributed by atoms with Gasteiger partial charge in [0.15, 0.2) is 0 Å². The molecule has 0 aromatic carbocycles. The average Bonchev–Trinajstić information content (AvgIpc) is 2.49. The van der Waals surface area contributed by atoms with Crippen LogP contribution in [0.2, 0.25) is 0 Å². The molecule has 16 heavy (non-hydrogen) atoms. The van der Waals surface area contributed by atoms with E-state index in [1.165, 1.54) is 0 Å². The van der Waals surface area contributed by atoms with Gasteiger partial charge in [0.25, 0.3) is 5.56 Å². The second-order valence-corrected chi connectivity index (χ2v) is 3.47. The molecule has 1 amide bonds. The minimum absolute atomic E-state index is 0.0417. The van der Waals surface area contributed by atoms with Gasteiger partial charge in [-0.1, -0.05) is 0 Å². The van der Waals surface area contributed by atoms with Crippen molar-refractivity contribution in [3.05, 3.63) is 16.4 Å². The van der Waals surface area contributed by atoms with Gasteiger partial charge in [0.05, 0.1) is 0 Å². The second-order valence-electron chi connectivity index (χ2n) is 3.47. The summed E-state index contributed by atoms with van der Waals surface area (Å²) in [5, 5.41) is 0. The van der Waals surface area contributed by atoms with Crippen LogP contribution in [-0.2, 0) is 4.79 Å². The Balaban J connectivity index is 0.000000165. The molecule has 1 aliphatic rings. The summed E-state index contributed by atoms with van der Waals surface area (Å²) in [5.41, 5.74) is 9.93. The number of aromatic amines is 1. The molecule has 5 N–H and O–H groups in total. The van der Waals surface area contributed by atoms with Crippen molar-refractivity contribution >= 4 is 17.7 Å². The summed E-state index contributed by atoms with van der Waals surface area (Å²) in [4.78, 5) is 28.5. The van der Waals surface area contributed by atoms with E-state index in [2.05, 4.69) is 9.97 Å². The number of nitrogens with zero attached hydrogens (tertiary/aromatic N) is 2. The topological polar surface area (TPSA) is 118 Å². The van der Waals surface area contributed by atoms with E-state index in [9.17, 15) is 9.59 Å². The van der Waals surface area contributed by atoms with Gasteiger partial charge in [-0.25, -0.2) is 0 Å². The standard InChI is InChI=1S/C5H9NO.C4H6N4O/c1-6-4-2-3-5(6)7;5-2-1-3(9)8-4(6)7-2/h2-4H2,1H3;1H,(H5,5,6,7,8,9). The monoisotopic (exact) mass is 225 g/mol. The van der Waals surface area contributed by atoms with Gasteiger partial charge in [0.1, 0.15) is 5.82 Å². The fourth-order valence-electron chi connectivity index (χ4n) is 1.28. The van der Waals surface area contributed by atoms with Gasteiger partial charge in [-0.05, 0) is 6.42 Å². The van der Waals surface area contributed by atoms with Crippen LogP contribution in [0.4, 0.5) is 11.8 Å². The zero-order chi connectivity index (χ0) is 12.1. The first kappa shape index (κ1) is 12.0. The molecule has 1 saturated heterocycles. The second kappa shape index (κ2) is 5.15. The van der Waals surface area contributed by atoms with Crippen molar-refractivity contribution in [2.45, 2.75) is 12.8 Å². The summed E-state index contributed by atoms with van der Waals surface area (Å²) in [7, 11) is 1.84. The van der Waals surface area contributed by atoms with E-state index >= 15 is 0 Å². The van der Waals surface area contributed by atoms with E-state index in [1.54, 1.807) is 4.90 Å². The van der Waals surface area contributed by atoms with Crippen LogP contribution >= 0.6 is 0 Å². The maximum Gasteiger partial charge on any atom is 0.254 e. The Bertz CT molecular complexity index is 405. The Labute approximate surface area is 92.5 Å². The average molecular weight is 225 g/mol. The van der Waals surface area contributed by atoms with Crippen LogP contribution in [0, 0.1) is 0 Å². The number of likely N-dealkylation sites (tertiary alicyclic amines) is 1. The summed E-state index contributed by atoms with van der Waals surface area (Å²) >= 11 is 0. The van der Waals surface area contributed by atoms with Crippen molar-refractivity contribution < 1.29 is 4.79 Å². The molecule has 0 spiro atoms. The highest BCUT2D eigenvalue weighted by Crippen LogP contribution is 2.04. The third-order valence-corrected chi connectivity index (χ3v) is 2.09. The molecule has 0 bridgehead atoms. The first-order valence-corrected chi connectivity index (χ1v) is 4.85. The van der Waals surface area contributed by atoms with Gasteiger partial charge in [-0.3, -0.25) is 14.6 Å². The number of hydrogen-bond donors (Lipinski definition) is 3. The zero-order valence-electron chi connectivity index (χ0n) is 9.06. The normalized spacial score (nSPS) is 14.6. The first-order chi connectivity index (χ1) is 7.49. The minimum Gasteiger partial charge on any atom is -0.383 e. The van der Waals surface area contributed by atoms with Gasteiger partial charge in [-0.2, -0.15) is 4.98 Å². The molecular formula is C9H15N5O2. The number of aromatic nitrogens is 2. The molecule has 1 aromatic heterocycles. The lowest BCUT2D eigenvalue weighted by molar-refractivity contribution is -0.126. The quantitative estimate of drug-likeness (QED) is 0.532. The largest absolute Gasteiger partial charge is 0.383 e. The van der Waals surface area contributed by atoms with Gasteiger partial charge < -0.3 is 16.4 Å². The Hall–Kier alpha value is -2.05. The number of nitrogens with one attached hydrogen (secondary N) is 1. The Kier molecular flexibility index (Phi) is 3.87. The number of amides is 1. The van der Waals surface area contributed by atoms with Crippen LogP contribution < -0.4 is 17.0 Å². The molecule has 88 valence electrons. The molecule has 0 radical (unpaired) electrons. The van der Waals surface area contributed by atoms with Crippen molar-refractivity contribution in [1.82, 2.24) is 14.9 Å². The van der Waals surface area contributed by atoms with Gasteiger partial charge in [-0.15, -0.1) is 0 Å². The number of H-pyrrole nitrogens is 1. The molecule has 2 rings (SSSR count). The van der Waals surface area contributed by atoms with Crippen LogP contribution in [0.25, 0.3) is 0 Å². The van der Waals surface area contributed by atoms with Crippen LogP contribution in [0.5, 0.6) is 0 Å². The van der Waals surface area contributed by atoms with E-state index < -0.39 is 0 Å². The van der Waals surface area contributed by atoms with Crippen molar-refractivity contribution in [3.8, 4) is 0 Å². The Morgan fingerprint density at radius 1 is 1.44 bits per heavy atom. The maximum atomic E-state index is 10.5. The third kappa shape index (κ3) is 3.60. The lowest BCUT2D eigenvalue weighted by atomic mass is 10.4. The smallest absolute Gasteiger partial charge is 0.254 e. The van der Waals surface area contributed by atoms with E-state index in [0.29, 0.717) is 5.91 Å². The van der Waals surface area contributed by atoms with Crippen LogP contribution in [-0.4, -0.2) is 34.4 Å². The minimum atomic E-state index is -0.333. The van der Waals surface area contributed by atoms with E-state index in [-0.39, 0.29) is 17.3 Å². The predicted octanol–water partition coefficient (Wildman–Crippen LogP) is -0.827. The molecule has 0 aliphatic carbocycles. The Morgan fingerprint density at radius 2 is 2.12 bits per heavy atom. The third-order valence-electron chi connectivity index (χ3n) is 2.09. The molecule has 1 aliphatic heterocycles. The highest BCUT2D eigenvalue weighted by Gasteiger charge is 2.14. The van der Waals surface area contributed by atoms with E-state index in [0.717, 1.165) is 25.5 Å². The van der Waals surface area contributed by atoms with Crippen LogP contribution in [0.1, 0.15) is 12.8 Å². The molecule has 1 aromatic rings. The molecule has 2 heterocycles.